The van der Waals surface area contributed by atoms with Gasteiger partial charge >= 0.3 is 6.09 Å². The second-order valence-electron chi connectivity index (χ2n) is 6.06. The Labute approximate surface area is 95.0 Å². The Hall–Kier alpha value is -0.770. The fraction of sp³-hybridized carbons (Fsp3) is 0.917. The van der Waals surface area contributed by atoms with Crippen LogP contribution in [0.5, 0.6) is 0 Å². The lowest BCUT2D eigenvalue weighted by Gasteiger charge is -2.60. The molecule has 16 heavy (non-hydrogen) atoms. The van der Waals surface area contributed by atoms with Crippen LogP contribution in [0.25, 0.3) is 0 Å². The summed E-state index contributed by atoms with van der Waals surface area (Å²) in [4.78, 5) is 10.9. The third kappa shape index (κ3) is 1.35. The smallest absolute Gasteiger partial charge is 0.404 e. The van der Waals surface area contributed by atoms with Crippen molar-refractivity contribution < 1.29 is 15.0 Å². The molecule has 4 nitrogen and oxygen atoms in total. The van der Waals surface area contributed by atoms with Crippen molar-refractivity contribution in [3.63, 3.8) is 0 Å². The van der Waals surface area contributed by atoms with Crippen LogP contribution < -0.4 is 5.32 Å². The van der Waals surface area contributed by atoms with Gasteiger partial charge in [0.05, 0.1) is 6.61 Å². The minimum Gasteiger partial charge on any atom is -0.465 e. The van der Waals surface area contributed by atoms with E-state index in [-0.39, 0.29) is 18.1 Å². The van der Waals surface area contributed by atoms with E-state index in [1.54, 1.807) is 0 Å². The molecule has 0 aromatic heterocycles. The molecule has 4 rings (SSSR count). The molecule has 0 spiro atoms. The van der Waals surface area contributed by atoms with E-state index in [2.05, 4.69) is 5.32 Å². The number of hydrogen-bond acceptors (Lipinski definition) is 2. The number of rotatable bonds is 2. The highest BCUT2D eigenvalue weighted by Crippen LogP contribution is 2.59. The number of carbonyl (C=O) groups is 1. The Balaban J connectivity index is 1.89. The Morgan fingerprint density at radius 1 is 1.25 bits per heavy atom. The number of aliphatic hydroxyl groups excluding tert-OH is 1. The van der Waals surface area contributed by atoms with Crippen LogP contribution in [0.4, 0.5) is 4.79 Å². The van der Waals surface area contributed by atoms with Crippen LogP contribution in [0.3, 0.4) is 0 Å². The highest BCUT2D eigenvalue weighted by Gasteiger charge is 2.57. The van der Waals surface area contributed by atoms with Crippen LogP contribution in [0.2, 0.25) is 0 Å². The fourth-order valence-corrected chi connectivity index (χ4v) is 4.84. The summed E-state index contributed by atoms with van der Waals surface area (Å²) in [5.74, 6) is 1.93. The molecule has 4 aliphatic rings. The van der Waals surface area contributed by atoms with E-state index in [4.69, 9.17) is 5.11 Å². The zero-order valence-electron chi connectivity index (χ0n) is 9.35. The van der Waals surface area contributed by atoms with Crippen LogP contribution in [0.1, 0.15) is 32.1 Å². The molecule has 4 aliphatic carbocycles. The number of nitrogens with one attached hydrogen (secondary N) is 1. The van der Waals surface area contributed by atoms with Crippen LogP contribution >= 0.6 is 0 Å². The molecule has 0 aromatic carbocycles. The van der Waals surface area contributed by atoms with E-state index < -0.39 is 6.09 Å². The Bertz CT molecular complexity index is 303. The molecule has 4 fully saturated rings. The second-order valence-corrected chi connectivity index (χ2v) is 6.06. The molecule has 90 valence electrons. The molecule has 4 saturated carbocycles. The molecule has 0 radical (unpaired) electrons. The molecule has 3 unspecified atom stereocenters. The molecule has 4 heteroatoms. The second kappa shape index (κ2) is 3.36. The quantitative estimate of drug-likeness (QED) is 0.666. The summed E-state index contributed by atoms with van der Waals surface area (Å²) in [6.45, 7) is 0.140. The normalized spacial score (nSPS) is 49.3. The lowest BCUT2D eigenvalue weighted by atomic mass is 9.47. The highest BCUT2D eigenvalue weighted by atomic mass is 16.4. The van der Waals surface area contributed by atoms with Crippen molar-refractivity contribution in [3.05, 3.63) is 0 Å². The average Bonchev–Trinajstić information content (AvgIpc) is 2.22. The number of carboxylic acid groups (broad SMARTS) is 1. The molecule has 0 heterocycles. The summed E-state index contributed by atoms with van der Waals surface area (Å²) in [6, 6.07) is -0.0113. The van der Waals surface area contributed by atoms with E-state index in [0.717, 1.165) is 37.5 Å². The highest BCUT2D eigenvalue weighted by molar-refractivity contribution is 5.65. The number of aliphatic hydroxyl groups is 1. The first-order chi connectivity index (χ1) is 7.63. The van der Waals surface area contributed by atoms with Crippen molar-refractivity contribution in [3.8, 4) is 0 Å². The maximum absolute atomic E-state index is 10.9. The van der Waals surface area contributed by atoms with Crippen molar-refractivity contribution >= 4 is 6.09 Å². The Morgan fingerprint density at radius 3 is 2.38 bits per heavy atom. The average molecular weight is 225 g/mol. The van der Waals surface area contributed by atoms with Crippen molar-refractivity contribution in [1.82, 2.24) is 5.32 Å². The third-order valence-corrected chi connectivity index (χ3v) is 5.05. The monoisotopic (exact) mass is 225 g/mol. The zero-order valence-corrected chi connectivity index (χ0v) is 9.35. The predicted molar refractivity (Wildman–Crippen MR) is 58.0 cm³/mol. The van der Waals surface area contributed by atoms with E-state index >= 15 is 0 Å². The van der Waals surface area contributed by atoms with Gasteiger partial charge in [0.15, 0.2) is 0 Å². The maximum atomic E-state index is 10.9. The largest absolute Gasteiger partial charge is 0.465 e. The molecule has 0 aromatic rings. The lowest BCUT2D eigenvalue weighted by Crippen LogP contribution is -2.63. The predicted octanol–water partition coefficient (Wildman–Crippen LogP) is 1.44. The van der Waals surface area contributed by atoms with Gasteiger partial charge < -0.3 is 15.5 Å². The number of hydrogen-bond donors (Lipinski definition) is 3. The molecular weight excluding hydrogens is 206 g/mol. The fourth-order valence-electron chi connectivity index (χ4n) is 4.84. The summed E-state index contributed by atoms with van der Waals surface area (Å²) < 4.78 is 0. The van der Waals surface area contributed by atoms with Crippen molar-refractivity contribution in [1.29, 1.82) is 0 Å². The topological polar surface area (TPSA) is 69.6 Å². The van der Waals surface area contributed by atoms with Gasteiger partial charge in [0.2, 0.25) is 0 Å². The first-order valence-electron chi connectivity index (χ1n) is 6.23. The minimum absolute atomic E-state index is 0.0113. The van der Waals surface area contributed by atoms with Crippen LogP contribution in [-0.2, 0) is 0 Å². The van der Waals surface area contributed by atoms with Crippen LogP contribution in [-0.4, -0.2) is 29.0 Å². The van der Waals surface area contributed by atoms with Gasteiger partial charge in [-0.3, -0.25) is 0 Å². The van der Waals surface area contributed by atoms with Crippen molar-refractivity contribution in [2.24, 2.45) is 23.2 Å². The van der Waals surface area contributed by atoms with Gasteiger partial charge in [0.1, 0.15) is 0 Å². The lowest BCUT2D eigenvalue weighted by molar-refractivity contribution is -0.106. The SMILES string of the molecule is O=C(O)NC1C2CC3CC(C2)CC1(CO)C3. The minimum atomic E-state index is -0.940. The van der Waals surface area contributed by atoms with Gasteiger partial charge in [-0.15, -0.1) is 0 Å². The standard InChI is InChI=1S/C12H19NO3/c14-6-12-4-7-1-8(5-12)3-9(2-7)10(12)13-11(15)16/h7-10,13-14H,1-6H2,(H,15,16). The summed E-state index contributed by atoms with van der Waals surface area (Å²) in [5, 5.41) is 21.3. The summed E-state index contributed by atoms with van der Waals surface area (Å²) >= 11 is 0. The van der Waals surface area contributed by atoms with Crippen LogP contribution in [0.15, 0.2) is 0 Å². The molecule has 0 saturated heterocycles. The zero-order chi connectivity index (χ0) is 11.3. The molecule has 3 N–H and O–H groups in total. The van der Waals surface area contributed by atoms with Gasteiger partial charge in [-0.2, -0.15) is 0 Å². The van der Waals surface area contributed by atoms with E-state index in [1.807, 2.05) is 0 Å². The van der Waals surface area contributed by atoms with Gasteiger partial charge in [-0.05, 0) is 49.9 Å². The van der Waals surface area contributed by atoms with Gasteiger partial charge in [0.25, 0.3) is 0 Å². The van der Waals surface area contributed by atoms with E-state index in [1.165, 1.54) is 6.42 Å². The van der Waals surface area contributed by atoms with Gasteiger partial charge in [-0.25, -0.2) is 4.79 Å². The van der Waals surface area contributed by atoms with E-state index in [0.29, 0.717) is 5.92 Å². The first-order valence-corrected chi connectivity index (χ1v) is 6.23. The molecular formula is C12H19NO3. The summed E-state index contributed by atoms with van der Waals surface area (Å²) in [5.41, 5.74) is -0.146. The third-order valence-electron chi connectivity index (χ3n) is 5.05. The molecule has 3 atom stereocenters. The van der Waals surface area contributed by atoms with Crippen molar-refractivity contribution in [2.45, 2.75) is 38.1 Å². The molecule has 1 amide bonds. The molecule has 0 aliphatic heterocycles. The van der Waals surface area contributed by atoms with Crippen molar-refractivity contribution in [2.75, 3.05) is 6.61 Å². The van der Waals surface area contributed by atoms with E-state index in [9.17, 15) is 9.90 Å². The summed E-state index contributed by atoms with van der Waals surface area (Å²) in [6.07, 6.45) is 4.71. The molecule has 4 bridgehead atoms. The Kier molecular flexibility index (Phi) is 2.18. The Morgan fingerprint density at radius 2 is 1.88 bits per heavy atom. The van der Waals surface area contributed by atoms with Crippen LogP contribution in [0, 0.1) is 23.2 Å². The van der Waals surface area contributed by atoms with Gasteiger partial charge in [0, 0.05) is 11.5 Å². The first kappa shape index (κ1) is 10.4. The summed E-state index contributed by atoms with van der Waals surface area (Å²) in [7, 11) is 0. The number of amides is 1. The van der Waals surface area contributed by atoms with Gasteiger partial charge in [-0.1, -0.05) is 0 Å². The maximum Gasteiger partial charge on any atom is 0.404 e.